The molecule has 0 spiro atoms. The number of aromatic amines is 1. The molecule has 6 heteroatoms. The van der Waals surface area contributed by atoms with Crippen LogP contribution in [0.25, 0.3) is 0 Å². The van der Waals surface area contributed by atoms with Gasteiger partial charge in [0.2, 0.25) is 0 Å². The molecule has 6 nitrogen and oxygen atoms in total. The van der Waals surface area contributed by atoms with Gasteiger partial charge in [-0.1, -0.05) is 0 Å². The Kier molecular flexibility index (Phi) is 3.63. The minimum absolute atomic E-state index is 0.0541. The maximum Gasteiger partial charge on any atom is 0.317 e. The quantitative estimate of drug-likeness (QED) is 0.798. The SMILES string of the molecule is CC1CN(C(=O)NCc2ccn[nH]2)CC(C)O1. The molecule has 1 aliphatic rings. The first-order valence-electron chi connectivity index (χ1n) is 5.81. The molecule has 0 saturated carbocycles. The molecule has 1 saturated heterocycles. The highest BCUT2D eigenvalue weighted by molar-refractivity contribution is 5.74. The number of ether oxygens (including phenoxy) is 1. The molecule has 94 valence electrons. The number of rotatable bonds is 2. The number of carbonyl (C=O) groups excluding carboxylic acids is 1. The molecule has 0 radical (unpaired) electrons. The molecule has 2 rings (SSSR count). The zero-order chi connectivity index (χ0) is 12.3. The van der Waals surface area contributed by atoms with Crippen LogP contribution in [0, 0.1) is 0 Å². The monoisotopic (exact) mass is 238 g/mol. The van der Waals surface area contributed by atoms with Crippen LogP contribution in [0.5, 0.6) is 0 Å². The van der Waals surface area contributed by atoms with Gasteiger partial charge in [0.1, 0.15) is 0 Å². The van der Waals surface area contributed by atoms with E-state index in [4.69, 9.17) is 4.74 Å². The van der Waals surface area contributed by atoms with Crippen LogP contribution in [0.2, 0.25) is 0 Å². The second kappa shape index (κ2) is 5.18. The smallest absolute Gasteiger partial charge is 0.317 e. The Labute approximate surface area is 100 Å². The largest absolute Gasteiger partial charge is 0.372 e. The van der Waals surface area contributed by atoms with E-state index in [0.717, 1.165) is 5.69 Å². The number of amides is 2. The number of morpholine rings is 1. The number of hydrogen-bond donors (Lipinski definition) is 2. The highest BCUT2D eigenvalue weighted by Crippen LogP contribution is 2.10. The molecular weight excluding hydrogens is 220 g/mol. The maximum atomic E-state index is 11.9. The summed E-state index contributed by atoms with van der Waals surface area (Å²) < 4.78 is 5.58. The highest BCUT2D eigenvalue weighted by atomic mass is 16.5. The molecule has 1 fully saturated rings. The minimum Gasteiger partial charge on any atom is -0.372 e. The molecule has 2 heterocycles. The summed E-state index contributed by atoms with van der Waals surface area (Å²) in [7, 11) is 0. The maximum absolute atomic E-state index is 11.9. The summed E-state index contributed by atoms with van der Waals surface area (Å²) in [6.45, 7) is 5.70. The predicted molar refractivity (Wildman–Crippen MR) is 62.4 cm³/mol. The summed E-state index contributed by atoms with van der Waals surface area (Å²) in [5.41, 5.74) is 0.896. The number of carbonyl (C=O) groups is 1. The predicted octanol–water partition coefficient (Wildman–Crippen LogP) is 0.728. The Bertz CT molecular complexity index is 356. The van der Waals surface area contributed by atoms with Gasteiger partial charge in [-0.3, -0.25) is 5.10 Å². The van der Waals surface area contributed by atoms with E-state index in [2.05, 4.69) is 15.5 Å². The van der Waals surface area contributed by atoms with E-state index in [0.29, 0.717) is 19.6 Å². The van der Waals surface area contributed by atoms with E-state index in [-0.39, 0.29) is 18.2 Å². The third-order valence-corrected chi connectivity index (χ3v) is 2.70. The van der Waals surface area contributed by atoms with Gasteiger partial charge in [-0.15, -0.1) is 0 Å². The lowest BCUT2D eigenvalue weighted by Gasteiger charge is -2.35. The first-order valence-corrected chi connectivity index (χ1v) is 5.81. The van der Waals surface area contributed by atoms with E-state index in [1.165, 1.54) is 0 Å². The van der Waals surface area contributed by atoms with Gasteiger partial charge in [0.05, 0.1) is 24.4 Å². The van der Waals surface area contributed by atoms with E-state index >= 15 is 0 Å². The second-order valence-corrected chi connectivity index (χ2v) is 4.40. The van der Waals surface area contributed by atoms with Gasteiger partial charge in [-0.05, 0) is 19.9 Å². The van der Waals surface area contributed by atoms with Gasteiger partial charge in [-0.2, -0.15) is 5.10 Å². The van der Waals surface area contributed by atoms with Gasteiger partial charge in [0, 0.05) is 19.3 Å². The number of nitrogens with zero attached hydrogens (tertiary/aromatic N) is 2. The molecule has 1 aromatic heterocycles. The summed E-state index contributed by atoms with van der Waals surface area (Å²) in [5.74, 6) is 0. The highest BCUT2D eigenvalue weighted by Gasteiger charge is 2.25. The molecule has 0 aromatic carbocycles. The van der Waals surface area contributed by atoms with Crippen LogP contribution in [-0.4, -0.2) is 46.4 Å². The van der Waals surface area contributed by atoms with E-state index in [9.17, 15) is 4.79 Å². The molecule has 2 N–H and O–H groups in total. The molecule has 1 aliphatic heterocycles. The van der Waals surface area contributed by atoms with Gasteiger partial charge in [0.25, 0.3) is 0 Å². The zero-order valence-electron chi connectivity index (χ0n) is 10.1. The Morgan fingerprint density at radius 1 is 1.59 bits per heavy atom. The fourth-order valence-corrected chi connectivity index (χ4v) is 2.01. The van der Waals surface area contributed by atoms with Gasteiger partial charge >= 0.3 is 6.03 Å². The normalized spacial score (nSPS) is 24.7. The number of hydrogen-bond acceptors (Lipinski definition) is 3. The Morgan fingerprint density at radius 2 is 2.29 bits per heavy atom. The molecule has 17 heavy (non-hydrogen) atoms. The topological polar surface area (TPSA) is 70.2 Å². The lowest BCUT2D eigenvalue weighted by molar-refractivity contribution is -0.0545. The van der Waals surface area contributed by atoms with Crippen LogP contribution >= 0.6 is 0 Å². The molecule has 2 amide bonds. The van der Waals surface area contributed by atoms with Crippen LogP contribution < -0.4 is 5.32 Å². The van der Waals surface area contributed by atoms with E-state index in [1.54, 1.807) is 11.1 Å². The number of H-pyrrole nitrogens is 1. The first-order chi connectivity index (χ1) is 8.15. The molecule has 0 bridgehead atoms. The second-order valence-electron chi connectivity index (χ2n) is 4.40. The van der Waals surface area contributed by atoms with Crippen molar-refractivity contribution in [3.63, 3.8) is 0 Å². The summed E-state index contributed by atoms with van der Waals surface area (Å²) in [4.78, 5) is 13.7. The van der Waals surface area contributed by atoms with Gasteiger partial charge in [-0.25, -0.2) is 4.79 Å². The van der Waals surface area contributed by atoms with Crippen molar-refractivity contribution in [2.75, 3.05) is 13.1 Å². The standard InChI is InChI=1S/C11H18N4O2/c1-8-6-15(7-9(2)17-8)11(16)12-5-10-3-4-13-14-10/h3-4,8-9H,5-7H2,1-2H3,(H,12,16)(H,13,14). The van der Waals surface area contributed by atoms with Crippen LogP contribution in [0.15, 0.2) is 12.3 Å². The zero-order valence-corrected chi connectivity index (χ0v) is 10.1. The number of aromatic nitrogens is 2. The third-order valence-electron chi connectivity index (χ3n) is 2.70. The summed E-state index contributed by atoms with van der Waals surface area (Å²) >= 11 is 0. The summed E-state index contributed by atoms with van der Waals surface area (Å²) in [5, 5.41) is 9.49. The van der Waals surface area contributed by atoms with Crippen molar-refractivity contribution >= 4 is 6.03 Å². The van der Waals surface area contributed by atoms with Crippen LogP contribution in [0.4, 0.5) is 4.79 Å². The third kappa shape index (κ3) is 3.20. The molecular formula is C11H18N4O2. The van der Waals surface area contributed by atoms with Gasteiger partial charge in [0.15, 0.2) is 0 Å². The number of urea groups is 1. The molecule has 2 atom stereocenters. The Balaban J connectivity index is 1.83. The Hall–Kier alpha value is -1.56. The lowest BCUT2D eigenvalue weighted by Crippen LogP contribution is -2.51. The van der Waals surface area contributed by atoms with E-state index < -0.39 is 0 Å². The average molecular weight is 238 g/mol. The minimum atomic E-state index is -0.0541. The van der Waals surface area contributed by atoms with Crippen molar-refractivity contribution < 1.29 is 9.53 Å². The molecule has 1 aromatic rings. The van der Waals surface area contributed by atoms with Crippen LogP contribution in [0.1, 0.15) is 19.5 Å². The summed E-state index contributed by atoms with van der Waals surface area (Å²) in [6, 6.07) is 1.78. The van der Waals surface area contributed by atoms with Crippen molar-refractivity contribution in [2.24, 2.45) is 0 Å². The fourth-order valence-electron chi connectivity index (χ4n) is 2.01. The lowest BCUT2D eigenvalue weighted by atomic mass is 10.2. The average Bonchev–Trinajstić information content (AvgIpc) is 2.77. The van der Waals surface area contributed by atoms with Crippen molar-refractivity contribution in [1.29, 1.82) is 0 Å². The van der Waals surface area contributed by atoms with Crippen molar-refractivity contribution in [3.05, 3.63) is 18.0 Å². The number of nitrogens with one attached hydrogen (secondary N) is 2. The van der Waals surface area contributed by atoms with Crippen LogP contribution in [0.3, 0.4) is 0 Å². The Morgan fingerprint density at radius 3 is 2.88 bits per heavy atom. The summed E-state index contributed by atoms with van der Waals surface area (Å²) in [6.07, 6.45) is 1.86. The van der Waals surface area contributed by atoms with Crippen molar-refractivity contribution in [2.45, 2.75) is 32.6 Å². The molecule has 2 unspecified atom stereocenters. The molecule has 0 aliphatic carbocycles. The van der Waals surface area contributed by atoms with Crippen molar-refractivity contribution in [1.82, 2.24) is 20.4 Å². The van der Waals surface area contributed by atoms with Crippen molar-refractivity contribution in [3.8, 4) is 0 Å². The van der Waals surface area contributed by atoms with Gasteiger partial charge < -0.3 is 15.0 Å². The fraction of sp³-hybridized carbons (Fsp3) is 0.636. The van der Waals surface area contributed by atoms with E-state index in [1.807, 2.05) is 19.9 Å². The van der Waals surface area contributed by atoms with Crippen LogP contribution in [-0.2, 0) is 11.3 Å². The first kappa shape index (κ1) is 11.9.